The molecule has 2 fully saturated rings. The van der Waals surface area contributed by atoms with E-state index < -0.39 is 0 Å². The average Bonchev–Trinajstić information content (AvgIpc) is 3.08. The van der Waals surface area contributed by atoms with Crippen molar-refractivity contribution in [3.05, 3.63) is 29.8 Å². The molecule has 3 unspecified atom stereocenters. The molecule has 1 aromatic carbocycles. The van der Waals surface area contributed by atoms with Gasteiger partial charge in [-0.1, -0.05) is 18.6 Å². The SMILES string of the molecule is COc1ccc(COC(=O)C2CC3CCC2C3)cc1. The molecule has 3 atom stereocenters. The summed E-state index contributed by atoms with van der Waals surface area (Å²) in [6.07, 6.45) is 4.81. The molecule has 3 nitrogen and oxygen atoms in total. The summed E-state index contributed by atoms with van der Waals surface area (Å²) in [6.45, 7) is 0.372. The Morgan fingerprint density at radius 3 is 2.58 bits per heavy atom. The summed E-state index contributed by atoms with van der Waals surface area (Å²) in [5.41, 5.74) is 1.01. The molecule has 2 bridgehead atoms. The maximum Gasteiger partial charge on any atom is 0.309 e. The summed E-state index contributed by atoms with van der Waals surface area (Å²) < 4.78 is 10.6. The molecule has 102 valence electrons. The number of esters is 1. The van der Waals surface area contributed by atoms with Crippen LogP contribution in [0, 0.1) is 17.8 Å². The van der Waals surface area contributed by atoms with Crippen molar-refractivity contribution >= 4 is 5.97 Å². The van der Waals surface area contributed by atoms with Gasteiger partial charge in [0, 0.05) is 0 Å². The summed E-state index contributed by atoms with van der Waals surface area (Å²) >= 11 is 0. The Morgan fingerprint density at radius 2 is 2.00 bits per heavy atom. The molecular formula is C16H20O3. The first kappa shape index (κ1) is 12.5. The van der Waals surface area contributed by atoms with Gasteiger partial charge in [-0.2, -0.15) is 0 Å². The van der Waals surface area contributed by atoms with Gasteiger partial charge in [0.15, 0.2) is 0 Å². The zero-order valence-corrected chi connectivity index (χ0v) is 11.3. The molecule has 3 heteroatoms. The zero-order chi connectivity index (χ0) is 13.2. The maximum atomic E-state index is 12.1. The van der Waals surface area contributed by atoms with Gasteiger partial charge in [-0.05, 0) is 48.8 Å². The molecule has 0 amide bonds. The van der Waals surface area contributed by atoms with E-state index in [1.165, 1.54) is 19.3 Å². The minimum Gasteiger partial charge on any atom is -0.497 e. The largest absolute Gasteiger partial charge is 0.497 e. The van der Waals surface area contributed by atoms with Gasteiger partial charge in [0.2, 0.25) is 0 Å². The van der Waals surface area contributed by atoms with Crippen LogP contribution in [0.2, 0.25) is 0 Å². The molecule has 3 rings (SSSR count). The van der Waals surface area contributed by atoms with Crippen LogP contribution in [0.3, 0.4) is 0 Å². The fourth-order valence-corrected chi connectivity index (χ4v) is 3.52. The van der Waals surface area contributed by atoms with E-state index in [9.17, 15) is 4.79 Å². The predicted octanol–water partition coefficient (Wildman–Crippen LogP) is 3.17. The Bertz CT molecular complexity index is 452. The van der Waals surface area contributed by atoms with Gasteiger partial charge in [0.25, 0.3) is 0 Å². The van der Waals surface area contributed by atoms with E-state index in [1.54, 1.807) is 7.11 Å². The Kier molecular flexibility index (Phi) is 3.45. The number of methoxy groups -OCH3 is 1. The van der Waals surface area contributed by atoms with Crippen LogP contribution in [-0.4, -0.2) is 13.1 Å². The second-order valence-electron chi connectivity index (χ2n) is 5.74. The van der Waals surface area contributed by atoms with Gasteiger partial charge >= 0.3 is 5.97 Å². The number of benzene rings is 1. The number of hydrogen-bond donors (Lipinski definition) is 0. The topological polar surface area (TPSA) is 35.5 Å². The number of fused-ring (bicyclic) bond motifs is 2. The first-order chi connectivity index (χ1) is 9.26. The Hall–Kier alpha value is -1.51. The van der Waals surface area contributed by atoms with Crippen molar-refractivity contribution in [1.29, 1.82) is 0 Å². The third-order valence-electron chi connectivity index (χ3n) is 4.58. The molecule has 19 heavy (non-hydrogen) atoms. The van der Waals surface area contributed by atoms with Gasteiger partial charge in [0.05, 0.1) is 13.0 Å². The van der Waals surface area contributed by atoms with Crippen molar-refractivity contribution < 1.29 is 14.3 Å². The summed E-state index contributed by atoms with van der Waals surface area (Å²) in [6, 6.07) is 7.65. The van der Waals surface area contributed by atoms with Crippen LogP contribution in [0.25, 0.3) is 0 Å². The molecule has 2 aliphatic rings. The van der Waals surface area contributed by atoms with E-state index in [-0.39, 0.29) is 11.9 Å². The second-order valence-corrected chi connectivity index (χ2v) is 5.74. The molecule has 0 heterocycles. The van der Waals surface area contributed by atoms with Crippen LogP contribution in [0.5, 0.6) is 5.75 Å². The Labute approximate surface area is 113 Å². The van der Waals surface area contributed by atoms with Gasteiger partial charge in [0.1, 0.15) is 12.4 Å². The first-order valence-corrected chi connectivity index (χ1v) is 7.06. The van der Waals surface area contributed by atoms with E-state index in [0.29, 0.717) is 12.5 Å². The number of carbonyl (C=O) groups excluding carboxylic acids is 1. The lowest BCUT2D eigenvalue weighted by Gasteiger charge is -2.19. The molecule has 0 radical (unpaired) electrons. The fourth-order valence-electron chi connectivity index (χ4n) is 3.52. The van der Waals surface area contributed by atoms with Crippen LogP contribution in [0.15, 0.2) is 24.3 Å². The van der Waals surface area contributed by atoms with Crippen molar-refractivity contribution in [2.24, 2.45) is 17.8 Å². The monoisotopic (exact) mass is 260 g/mol. The highest BCUT2D eigenvalue weighted by atomic mass is 16.5. The van der Waals surface area contributed by atoms with Gasteiger partial charge < -0.3 is 9.47 Å². The lowest BCUT2D eigenvalue weighted by molar-refractivity contribution is -0.151. The van der Waals surface area contributed by atoms with Crippen LogP contribution in [0.4, 0.5) is 0 Å². The smallest absolute Gasteiger partial charge is 0.309 e. The van der Waals surface area contributed by atoms with E-state index in [2.05, 4.69) is 0 Å². The molecule has 2 aliphatic carbocycles. The summed E-state index contributed by atoms with van der Waals surface area (Å²) in [5, 5.41) is 0. The summed E-state index contributed by atoms with van der Waals surface area (Å²) in [5.74, 6) is 2.36. The molecule has 0 aliphatic heterocycles. The lowest BCUT2D eigenvalue weighted by atomic mass is 9.89. The molecule has 0 N–H and O–H groups in total. The summed E-state index contributed by atoms with van der Waals surface area (Å²) in [7, 11) is 1.64. The fraction of sp³-hybridized carbons (Fsp3) is 0.562. The highest BCUT2D eigenvalue weighted by Gasteiger charge is 2.43. The minimum absolute atomic E-state index is 0.00279. The van der Waals surface area contributed by atoms with E-state index >= 15 is 0 Å². The van der Waals surface area contributed by atoms with Crippen molar-refractivity contribution in [2.45, 2.75) is 32.3 Å². The number of ether oxygens (including phenoxy) is 2. The van der Waals surface area contributed by atoms with Crippen LogP contribution in [0.1, 0.15) is 31.2 Å². The maximum absolute atomic E-state index is 12.1. The highest BCUT2D eigenvalue weighted by Crippen LogP contribution is 2.48. The third kappa shape index (κ3) is 2.60. The number of rotatable bonds is 4. The van der Waals surface area contributed by atoms with Crippen LogP contribution >= 0.6 is 0 Å². The Morgan fingerprint density at radius 1 is 1.21 bits per heavy atom. The van der Waals surface area contributed by atoms with Crippen LogP contribution < -0.4 is 4.74 Å². The van der Waals surface area contributed by atoms with E-state index in [0.717, 1.165) is 23.7 Å². The predicted molar refractivity (Wildman–Crippen MR) is 71.7 cm³/mol. The molecule has 1 aromatic rings. The average molecular weight is 260 g/mol. The van der Waals surface area contributed by atoms with Crippen molar-refractivity contribution in [1.82, 2.24) is 0 Å². The first-order valence-electron chi connectivity index (χ1n) is 7.06. The molecule has 0 aromatic heterocycles. The van der Waals surface area contributed by atoms with Crippen molar-refractivity contribution in [3.63, 3.8) is 0 Å². The third-order valence-corrected chi connectivity index (χ3v) is 4.58. The molecule has 0 spiro atoms. The minimum atomic E-state index is 0.00279. The normalized spacial score (nSPS) is 28.4. The molecule has 0 saturated heterocycles. The van der Waals surface area contributed by atoms with Crippen LogP contribution in [-0.2, 0) is 16.1 Å². The summed E-state index contributed by atoms with van der Waals surface area (Å²) in [4.78, 5) is 12.1. The van der Waals surface area contributed by atoms with E-state index in [4.69, 9.17) is 9.47 Å². The standard InChI is InChI=1S/C16H20O3/c1-18-14-6-3-11(4-7-14)10-19-16(17)15-9-12-2-5-13(15)8-12/h3-4,6-7,12-13,15H,2,5,8-10H2,1H3. The second kappa shape index (κ2) is 5.24. The quantitative estimate of drug-likeness (QED) is 0.780. The van der Waals surface area contributed by atoms with Crippen molar-refractivity contribution in [2.75, 3.05) is 7.11 Å². The van der Waals surface area contributed by atoms with Gasteiger partial charge in [-0.15, -0.1) is 0 Å². The Balaban J connectivity index is 1.52. The lowest BCUT2D eigenvalue weighted by Crippen LogP contribution is -2.23. The molecular weight excluding hydrogens is 240 g/mol. The molecule has 2 saturated carbocycles. The highest BCUT2D eigenvalue weighted by molar-refractivity contribution is 5.73. The van der Waals surface area contributed by atoms with Gasteiger partial charge in [-0.3, -0.25) is 4.79 Å². The van der Waals surface area contributed by atoms with Crippen molar-refractivity contribution in [3.8, 4) is 5.75 Å². The number of carbonyl (C=O) groups is 1. The van der Waals surface area contributed by atoms with E-state index in [1.807, 2.05) is 24.3 Å². The van der Waals surface area contributed by atoms with Gasteiger partial charge in [-0.25, -0.2) is 0 Å². The zero-order valence-electron chi connectivity index (χ0n) is 11.3. The number of hydrogen-bond acceptors (Lipinski definition) is 3.